The Bertz CT molecular complexity index is 545. The van der Waals surface area contributed by atoms with E-state index in [0.29, 0.717) is 26.2 Å². The Morgan fingerprint density at radius 2 is 1.79 bits per heavy atom. The summed E-state index contributed by atoms with van der Waals surface area (Å²) in [7, 11) is 1.77. The van der Waals surface area contributed by atoms with E-state index in [2.05, 4.69) is 22.5 Å². The van der Waals surface area contributed by atoms with Crippen LogP contribution in [-0.2, 0) is 16.0 Å². The minimum Gasteiger partial charge on any atom is -0.339 e. The standard InChI is InChI=1S/C17H26N4O2.ClH/c1-3-14-6-4-5-7-15(14)19-16(22)13-20-8-10-21(11-9-20)17(23)12-18-2;/h4-7,18H,3,8-13H2,1-2H3,(H,19,22);1H. The van der Waals surface area contributed by atoms with Crippen LogP contribution in [0.15, 0.2) is 24.3 Å². The van der Waals surface area contributed by atoms with Crippen molar-refractivity contribution < 1.29 is 9.59 Å². The van der Waals surface area contributed by atoms with Crippen molar-refractivity contribution in [3.63, 3.8) is 0 Å². The lowest BCUT2D eigenvalue weighted by atomic mass is 10.1. The first-order valence-corrected chi connectivity index (χ1v) is 8.16. The molecule has 134 valence electrons. The maximum atomic E-state index is 12.2. The molecule has 1 saturated heterocycles. The molecule has 1 aromatic rings. The first-order chi connectivity index (χ1) is 11.1. The fourth-order valence-electron chi connectivity index (χ4n) is 2.76. The average molecular weight is 355 g/mol. The Balaban J connectivity index is 0.00000288. The Labute approximate surface area is 150 Å². The molecular weight excluding hydrogens is 328 g/mol. The number of nitrogens with one attached hydrogen (secondary N) is 2. The van der Waals surface area contributed by atoms with Crippen LogP contribution in [0, 0.1) is 0 Å². The Kier molecular flexibility index (Phi) is 8.74. The van der Waals surface area contributed by atoms with Gasteiger partial charge >= 0.3 is 0 Å². The minimum atomic E-state index is 0. The van der Waals surface area contributed by atoms with Crippen molar-refractivity contribution in [1.29, 1.82) is 0 Å². The number of likely N-dealkylation sites (N-methyl/N-ethyl adjacent to an activating group) is 1. The summed E-state index contributed by atoms with van der Waals surface area (Å²) in [5, 5.41) is 5.87. The molecule has 1 aliphatic rings. The molecule has 1 fully saturated rings. The van der Waals surface area contributed by atoms with Gasteiger partial charge in [-0.15, -0.1) is 12.4 Å². The van der Waals surface area contributed by atoms with Gasteiger partial charge in [0.15, 0.2) is 0 Å². The number of nitrogens with zero attached hydrogens (tertiary/aromatic N) is 2. The zero-order valence-electron chi connectivity index (χ0n) is 14.4. The number of rotatable bonds is 6. The van der Waals surface area contributed by atoms with Gasteiger partial charge in [-0.2, -0.15) is 0 Å². The van der Waals surface area contributed by atoms with Crippen LogP contribution in [0.5, 0.6) is 0 Å². The highest BCUT2D eigenvalue weighted by atomic mass is 35.5. The summed E-state index contributed by atoms with van der Waals surface area (Å²) >= 11 is 0. The van der Waals surface area contributed by atoms with Gasteiger partial charge in [-0.05, 0) is 25.1 Å². The first kappa shape index (κ1) is 20.4. The molecule has 1 aliphatic heterocycles. The largest absolute Gasteiger partial charge is 0.339 e. The Morgan fingerprint density at radius 1 is 1.12 bits per heavy atom. The average Bonchev–Trinajstić information content (AvgIpc) is 2.56. The highest BCUT2D eigenvalue weighted by molar-refractivity contribution is 5.93. The molecule has 6 nitrogen and oxygen atoms in total. The van der Waals surface area contributed by atoms with Crippen LogP contribution in [0.25, 0.3) is 0 Å². The monoisotopic (exact) mass is 354 g/mol. The van der Waals surface area contributed by atoms with E-state index in [4.69, 9.17) is 0 Å². The predicted octanol–water partition coefficient (Wildman–Crippen LogP) is 0.973. The number of hydrogen-bond acceptors (Lipinski definition) is 4. The number of carbonyl (C=O) groups is 2. The van der Waals surface area contributed by atoms with E-state index in [1.807, 2.05) is 29.2 Å². The molecule has 2 amide bonds. The normalized spacial score (nSPS) is 14.8. The fraction of sp³-hybridized carbons (Fsp3) is 0.529. The molecule has 0 bridgehead atoms. The fourth-order valence-corrected chi connectivity index (χ4v) is 2.76. The lowest BCUT2D eigenvalue weighted by molar-refractivity contribution is -0.132. The molecule has 0 radical (unpaired) electrons. The van der Waals surface area contributed by atoms with Crippen LogP contribution in [0.1, 0.15) is 12.5 Å². The molecule has 0 spiro atoms. The molecular formula is C17H27ClN4O2. The second-order valence-corrected chi connectivity index (χ2v) is 5.75. The lowest BCUT2D eigenvalue weighted by Gasteiger charge is -2.34. The SMILES string of the molecule is CCc1ccccc1NC(=O)CN1CCN(C(=O)CNC)CC1.Cl. The maximum Gasteiger partial charge on any atom is 0.238 e. The number of hydrogen-bond donors (Lipinski definition) is 2. The third-order valence-corrected chi connectivity index (χ3v) is 4.09. The van der Waals surface area contributed by atoms with Crippen LogP contribution >= 0.6 is 12.4 Å². The van der Waals surface area contributed by atoms with Gasteiger partial charge in [-0.1, -0.05) is 25.1 Å². The van der Waals surface area contributed by atoms with Gasteiger partial charge in [0.05, 0.1) is 13.1 Å². The molecule has 24 heavy (non-hydrogen) atoms. The van der Waals surface area contributed by atoms with Gasteiger partial charge in [0.25, 0.3) is 0 Å². The number of halogens is 1. The van der Waals surface area contributed by atoms with Crippen molar-refractivity contribution in [1.82, 2.24) is 15.1 Å². The number of piperazine rings is 1. The van der Waals surface area contributed by atoms with Crippen molar-refractivity contribution in [3.05, 3.63) is 29.8 Å². The molecule has 0 saturated carbocycles. The molecule has 0 unspecified atom stereocenters. The zero-order valence-corrected chi connectivity index (χ0v) is 15.2. The molecule has 2 N–H and O–H groups in total. The summed E-state index contributed by atoms with van der Waals surface area (Å²) in [6.07, 6.45) is 0.892. The van der Waals surface area contributed by atoms with E-state index in [1.165, 1.54) is 0 Å². The first-order valence-electron chi connectivity index (χ1n) is 8.16. The highest BCUT2D eigenvalue weighted by Gasteiger charge is 2.22. The third kappa shape index (κ3) is 5.78. The van der Waals surface area contributed by atoms with Crippen LogP contribution < -0.4 is 10.6 Å². The topological polar surface area (TPSA) is 64.7 Å². The molecule has 1 aromatic carbocycles. The summed E-state index contributed by atoms with van der Waals surface area (Å²) in [4.78, 5) is 28.0. The van der Waals surface area contributed by atoms with Crippen LogP contribution in [0.4, 0.5) is 5.69 Å². The molecule has 1 heterocycles. The molecule has 0 aliphatic carbocycles. The molecule has 2 rings (SSSR count). The minimum absolute atomic E-state index is 0. The van der Waals surface area contributed by atoms with Crippen LogP contribution in [-0.4, -0.2) is 67.9 Å². The summed E-state index contributed by atoms with van der Waals surface area (Å²) < 4.78 is 0. The van der Waals surface area contributed by atoms with Crippen molar-refractivity contribution in [2.24, 2.45) is 0 Å². The van der Waals surface area contributed by atoms with Gasteiger partial charge < -0.3 is 15.5 Å². The second-order valence-electron chi connectivity index (χ2n) is 5.75. The van der Waals surface area contributed by atoms with E-state index in [1.54, 1.807) is 7.05 Å². The summed E-state index contributed by atoms with van der Waals surface area (Å²) in [6, 6.07) is 7.88. The van der Waals surface area contributed by atoms with Crippen LogP contribution in [0.2, 0.25) is 0 Å². The van der Waals surface area contributed by atoms with Crippen molar-refractivity contribution in [2.75, 3.05) is 51.6 Å². The predicted molar refractivity (Wildman–Crippen MR) is 98.6 cm³/mol. The quantitative estimate of drug-likeness (QED) is 0.799. The van der Waals surface area contributed by atoms with Crippen molar-refractivity contribution in [3.8, 4) is 0 Å². The molecule has 0 aromatic heterocycles. The number of amides is 2. The van der Waals surface area contributed by atoms with Gasteiger partial charge in [-0.25, -0.2) is 0 Å². The lowest BCUT2D eigenvalue weighted by Crippen LogP contribution is -2.52. The maximum absolute atomic E-state index is 12.2. The van der Waals surface area contributed by atoms with Crippen molar-refractivity contribution >= 4 is 29.9 Å². The van der Waals surface area contributed by atoms with E-state index in [0.717, 1.165) is 30.8 Å². The van der Waals surface area contributed by atoms with Crippen molar-refractivity contribution in [2.45, 2.75) is 13.3 Å². The van der Waals surface area contributed by atoms with Gasteiger partial charge in [-0.3, -0.25) is 14.5 Å². The smallest absolute Gasteiger partial charge is 0.238 e. The third-order valence-electron chi connectivity index (χ3n) is 4.09. The molecule has 7 heteroatoms. The number of anilines is 1. The number of benzene rings is 1. The number of aryl methyl sites for hydroxylation is 1. The van der Waals surface area contributed by atoms with Gasteiger partial charge in [0, 0.05) is 31.9 Å². The summed E-state index contributed by atoms with van der Waals surface area (Å²) in [6.45, 7) is 5.64. The number of carbonyl (C=O) groups excluding carboxylic acids is 2. The highest BCUT2D eigenvalue weighted by Crippen LogP contribution is 2.15. The second kappa shape index (κ2) is 10.3. The van der Waals surface area contributed by atoms with E-state index in [9.17, 15) is 9.59 Å². The van der Waals surface area contributed by atoms with E-state index in [-0.39, 0.29) is 24.2 Å². The van der Waals surface area contributed by atoms with E-state index < -0.39 is 0 Å². The Morgan fingerprint density at radius 3 is 2.42 bits per heavy atom. The molecule has 0 atom stereocenters. The van der Waals surface area contributed by atoms with Gasteiger partial charge in [0.1, 0.15) is 0 Å². The summed E-state index contributed by atoms with van der Waals surface area (Å²) in [5.41, 5.74) is 2.03. The number of para-hydroxylation sites is 1. The zero-order chi connectivity index (χ0) is 16.7. The van der Waals surface area contributed by atoms with Crippen LogP contribution in [0.3, 0.4) is 0 Å². The van der Waals surface area contributed by atoms with Gasteiger partial charge in [0.2, 0.25) is 11.8 Å². The summed E-state index contributed by atoms with van der Waals surface area (Å²) in [5.74, 6) is 0.120. The van der Waals surface area contributed by atoms with E-state index >= 15 is 0 Å². The Hall–Kier alpha value is -1.63.